The normalized spacial score (nSPS) is 27.3. The standard InChI is InChI=1S/C12H17N3O7S/c16-4-6-8(19)9(20)11(22-6)15-3-5(1-13-2-7(17)18)10(21)14-12(15)23/h3,6,8-9,11,13,16,19-20H,1-2,4H2,(H,17,18)(H,14,21,23)/t6-,8+,9-,11-/m1/s1. The van der Waals surface area contributed by atoms with E-state index in [1.54, 1.807) is 0 Å². The van der Waals surface area contributed by atoms with Gasteiger partial charge in [-0.3, -0.25) is 19.1 Å². The van der Waals surface area contributed by atoms with Crippen LogP contribution in [0.1, 0.15) is 11.8 Å². The van der Waals surface area contributed by atoms with Crippen LogP contribution in [0.2, 0.25) is 0 Å². The van der Waals surface area contributed by atoms with Gasteiger partial charge in [-0.2, -0.15) is 0 Å². The second-order valence-electron chi connectivity index (χ2n) is 5.05. The monoisotopic (exact) mass is 347 g/mol. The van der Waals surface area contributed by atoms with Crippen molar-refractivity contribution in [1.29, 1.82) is 0 Å². The smallest absolute Gasteiger partial charge is 0.317 e. The molecule has 0 spiro atoms. The molecule has 0 aliphatic carbocycles. The van der Waals surface area contributed by atoms with E-state index in [9.17, 15) is 19.8 Å². The number of carboxylic acids is 1. The molecule has 0 bridgehead atoms. The van der Waals surface area contributed by atoms with E-state index in [1.165, 1.54) is 10.8 Å². The van der Waals surface area contributed by atoms with E-state index < -0.39 is 42.7 Å². The van der Waals surface area contributed by atoms with Crippen LogP contribution < -0.4 is 10.9 Å². The maximum Gasteiger partial charge on any atom is 0.317 e. The number of hydrogen-bond acceptors (Lipinski definition) is 8. The molecule has 4 atom stereocenters. The number of aliphatic hydroxyl groups is 3. The minimum atomic E-state index is -1.34. The number of aliphatic carboxylic acids is 1. The van der Waals surface area contributed by atoms with Gasteiger partial charge in [0.1, 0.15) is 18.3 Å². The highest BCUT2D eigenvalue weighted by molar-refractivity contribution is 7.71. The predicted octanol–water partition coefficient (Wildman–Crippen LogP) is -2.31. The molecule has 1 aromatic rings. The van der Waals surface area contributed by atoms with Gasteiger partial charge in [0.15, 0.2) is 11.0 Å². The van der Waals surface area contributed by atoms with Crippen molar-refractivity contribution < 1.29 is 30.0 Å². The molecule has 0 radical (unpaired) electrons. The van der Waals surface area contributed by atoms with Gasteiger partial charge in [-0.15, -0.1) is 0 Å². The Morgan fingerprint density at radius 3 is 2.70 bits per heavy atom. The summed E-state index contributed by atoms with van der Waals surface area (Å²) >= 11 is 5.01. The molecule has 1 aromatic heterocycles. The van der Waals surface area contributed by atoms with E-state index in [-0.39, 0.29) is 23.4 Å². The molecule has 1 aliphatic rings. The Hall–Kier alpha value is -1.63. The van der Waals surface area contributed by atoms with Gasteiger partial charge >= 0.3 is 5.97 Å². The van der Waals surface area contributed by atoms with Crippen LogP contribution in [0.5, 0.6) is 0 Å². The largest absolute Gasteiger partial charge is 0.480 e. The highest BCUT2D eigenvalue weighted by atomic mass is 32.1. The fraction of sp³-hybridized carbons (Fsp3) is 0.583. The zero-order chi connectivity index (χ0) is 17.1. The lowest BCUT2D eigenvalue weighted by atomic mass is 10.1. The van der Waals surface area contributed by atoms with Crippen LogP contribution >= 0.6 is 12.2 Å². The first-order valence-electron chi connectivity index (χ1n) is 6.74. The molecule has 0 amide bonds. The Bertz CT molecular complexity index is 688. The van der Waals surface area contributed by atoms with Gasteiger partial charge in [-0.25, -0.2) is 0 Å². The number of aromatic nitrogens is 2. The van der Waals surface area contributed by atoms with E-state index in [2.05, 4.69) is 10.3 Å². The highest BCUT2D eigenvalue weighted by Crippen LogP contribution is 2.29. The molecule has 1 saturated heterocycles. The Kier molecular flexibility index (Phi) is 5.62. The third-order valence-corrected chi connectivity index (χ3v) is 3.74. The van der Waals surface area contributed by atoms with E-state index >= 15 is 0 Å². The van der Waals surface area contributed by atoms with Crippen LogP contribution in [0.3, 0.4) is 0 Å². The number of ether oxygens (including phenoxy) is 1. The van der Waals surface area contributed by atoms with Gasteiger partial charge in [0, 0.05) is 18.3 Å². The minimum Gasteiger partial charge on any atom is -0.480 e. The lowest BCUT2D eigenvalue weighted by Gasteiger charge is -2.19. The Morgan fingerprint density at radius 1 is 1.43 bits per heavy atom. The summed E-state index contributed by atoms with van der Waals surface area (Å²) in [5, 5.41) is 40.0. The third kappa shape index (κ3) is 3.83. The van der Waals surface area contributed by atoms with Crippen molar-refractivity contribution in [2.75, 3.05) is 13.2 Å². The fourth-order valence-corrected chi connectivity index (χ4v) is 2.51. The summed E-state index contributed by atoms with van der Waals surface area (Å²) in [5.74, 6) is -1.07. The molecule has 6 N–H and O–H groups in total. The summed E-state index contributed by atoms with van der Waals surface area (Å²) in [6.07, 6.45) is -3.38. The third-order valence-electron chi connectivity index (χ3n) is 3.42. The number of aliphatic hydroxyl groups excluding tert-OH is 3. The Morgan fingerprint density at radius 2 is 2.13 bits per heavy atom. The van der Waals surface area contributed by atoms with Crippen molar-refractivity contribution in [3.63, 3.8) is 0 Å². The van der Waals surface area contributed by atoms with Crippen molar-refractivity contribution >= 4 is 18.2 Å². The number of hydrogen-bond donors (Lipinski definition) is 6. The van der Waals surface area contributed by atoms with E-state index in [1.807, 2.05) is 0 Å². The summed E-state index contributed by atoms with van der Waals surface area (Å²) in [6.45, 7) is -0.854. The van der Waals surface area contributed by atoms with Crippen LogP contribution in [0.25, 0.3) is 0 Å². The van der Waals surface area contributed by atoms with Gasteiger partial charge in [0.25, 0.3) is 5.56 Å². The maximum absolute atomic E-state index is 11.8. The second-order valence-corrected chi connectivity index (χ2v) is 5.43. The Labute approximate surface area is 135 Å². The zero-order valence-corrected chi connectivity index (χ0v) is 12.7. The molecule has 0 saturated carbocycles. The first-order valence-corrected chi connectivity index (χ1v) is 7.15. The van der Waals surface area contributed by atoms with Crippen LogP contribution in [0.4, 0.5) is 0 Å². The molecule has 23 heavy (non-hydrogen) atoms. The summed E-state index contributed by atoms with van der Waals surface area (Å²) in [6, 6.07) is 0. The number of nitrogens with zero attached hydrogens (tertiary/aromatic N) is 1. The van der Waals surface area contributed by atoms with E-state index in [0.717, 1.165) is 0 Å². The molecule has 2 heterocycles. The fourth-order valence-electron chi connectivity index (χ4n) is 2.26. The Balaban J connectivity index is 2.27. The summed E-state index contributed by atoms with van der Waals surface area (Å²) in [7, 11) is 0. The second kappa shape index (κ2) is 7.29. The van der Waals surface area contributed by atoms with E-state index in [0.29, 0.717) is 0 Å². The molecular weight excluding hydrogens is 330 g/mol. The van der Waals surface area contributed by atoms with Crippen molar-refractivity contribution in [2.24, 2.45) is 0 Å². The topological polar surface area (TPSA) is 157 Å². The van der Waals surface area contributed by atoms with Gasteiger partial charge in [0.05, 0.1) is 13.2 Å². The number of nitrogens with one attached hydrogen (secondary N) is 2. The first-order chi connectivity index (χ1) is 10.8. The zero-order valence-electron chi connectivity index (χ0n) is 11.9. The summed E-state index contributed by atoms with van der Waals surface area (Å²) in [5.41, 5.74) is -0.325. The minimum absolute atomic E-state index is 0.0353. The van der Waals surface area contributed by atoms with Crippen molar-refractivity contribution in [3.8, 4) is 0 Å². The van der Waals surface area contributed by atoms with Crippen LogP contribution in [-0.4, -0.2) is 67.4 Å². The lowest BCUT2D eigenvalue weighted by Crippen LogP contribution is -2.34. The number of carbonyl (C=O) groups is 1. The molecule has 1 fully saturated rings. The van der Waals surface area contributed by atoms with Crippen LogP contribution in [0, 0.1) is 4.77 Å². The van der Waals surface area contributed by atoms with Crippen molar-refractivity contribution in [3.05, 3.63) is 26.9 Å². The number of carboxylic acid groups (broad SMARTS) is 1. The van der Waals surface area contributed by atoms with Crippen molar-refractivity contribution in [1.82, 2.24) is 14.9 Å². The molecule has 0 unspecified atom stereocenters. The summed E-state index contributed by atoms with van der Waals surface area (Å²) in [4.78, 5) is 24.7. The average Bonchev–Trinajstić information content (AvgIpc) is 2.77. The first kappa shape index (κ1) is 17.7. The summed E-state index contributed by atoms with van der Waals surface area (Å²) < 4.78 is 6.56. The van der Waals surface area contributed by atoms with Gasteiger partial charge in [-0.05, 0) is 12.2 Å². The van der Waals surface area contributed by atoms with Crippen LogP contribution in [-0.2, 0) is 16.1 Å². The number of aromatic amines is 1. The van der Waals surface area contributed by atoms with Gasteiger partial charge < -0.3 is 30.5 Å². The molecule has 0 aromatic carbocycles. The van der Waals surface area contributed by atoms with E-state index in [4.69, 9.17) is 27.2 Å². The van der Waals surface area contributed by atoms with Gasteiger partial charge in [0.2, 0.25) is 0 Å². The SMILES string of the molecule is O=C(O)CNCc1cn([C@@H]2O[C@H](CO)[C@H](O)[C@H]2O)c(=S)[nH]c1=O. The number of H-pyrrole nitrogens is 1. The molecule has 1 aliphatic heterocycles. The number of rotatable bonds is 6. The lowest BCUT2D eigenvalue weighted by molar-refractivity contribution is -0.136. The quantitative estimate of drug-likeness (QED) is 0.311. The molecule has 2 rings (SSSR count). The molecule has 10 nitrogen and oxygen atoms in total. The van der Waals surface area contributed by atoms with Crippen LogP contribution in [0.15, 0.2) is 11.0 Å². The molecule has 128 valence electrons. The average molecular weight is 347 g/mol. The maximum atomic E-state index is 11.8. The highest BCUT2D eigenvalue weighted by Gasteiger charge is 2.43. The van der Waals surface area contributed by atoms with Gasteiger partial charge in [-0.1, -0.05) is 0 Å². The van der Waals surface area contributed by atoms with Crippen molar-refractivity contribution in [2.45, 2.75) is 31.1 Å². The molecule has 11 heteroatoms. The predicted molar refractivity (Wildman–Crippen MR) is 78.2 cm³/mol. The molecular formula is C12H17N3O7S.